The Balaban J connectivity index is 1.57. The van der Waals surface area contributed by atoms with Gasteiger partial charge in [0.25, 0.3) is 0 Å². The van der Waals surface area contributed by atoms with E-state index in [0.717, 1.165) is 38.7 Å². The van der Waals surface area contributed by atoms with Gasteiger partial charge in [-0.15, -0.1) is 11.6 Å². The zero-order valence-corrected chi connectivity index (χ0v) is 28.2. The first-order chi connectivity index (χ1) is 21.5. The summed E-state index contributed by atoms with van der Waals surface area (Å²) < 4.78 is 27.4. The molecule has 0 aromatic heterocycles. The molecule has 44 heavy (non-hydrogen) atoms. The minimum atomic E-state index is -0.444. The van der Waals surface area contributed by atoms with Crippen LogP contribution in [0.5, 0.6) is 5.75 Å². The summed E-state index contributed by atoms with van der Waals surface area (Å²) in [5.74, 6) is 1.01. The molecule has 4 aromatic carbocycles. The molecule has 0 saturated carbocycles. The van der Waals surface area contributed by atoms with Gasteiger partial charge < -0.3 is 18.9 Å². The van der Waals surface area contributed by atoms with Crippen molar-refractivity contribution in [1.29, 1.82) is 0 Å². The van der Waals surface area contributed by atoms with Crippen LogP contribution in [-0.2, 0) is 33.8 Å². The Bertz CT molecular complexity index is 1460. The summed E-state index contributed by atoms with van der Waals surface area (Å²) in [6.07, 6.45) is 0.368. The third kappa shape index (κ3) is 8.06. The van der Waals surface area contributed by atoms with Gasteiger partial charge in [-0.3, -0.25) is 0 Å². The topological polar surface area (TPSA) is 36.9 Å². The van der Waals surface area contributed by atoms with E-state index in [1.54, 1.807) is 0 Å². The molecule has 232 valence electrons. The fourth-order valence-electron chi connectivity index (χ4n) is 5.86. The van der Waals surface area contributed by atoms with E-state index in [2.05, 4.69) is 72.2 Å². The Hall–Kier alpha value is -2.38. The van der Waals surface area contributed by atoms with Crippen LogP contribution in [0.25, 0.3) is 0 Å². The van der Waals surface area contributed by atoms with Crippen LogP contribution in [0, 0.1) is 5.92 Å². The molecule has 0 radical (unpaired) electrons. The van der Waals surface area contributed by atoms with Crippen molar-refractivity contribution in [3.05, 3.63) is 134 Å². The van der Waals surface area contributed by atoms with Crippen molar-refractivity contribution in [3.63, 3.8) is 0 Å². The molecule has 0 aliphatic carbocycles. The summed E-state index contributed by atoms with van der Waals surface area (Å²) in [6, 6.07) is 32.9. The number of alkyl halides is 1. The standard InChI is InChI=1S/C37H39BrCl2O4/c1-3-31-25(2)34(42-23-27-15-9-5-10-16-27)37(43-24-28-17-11-6-12-18-28)35(44-31)30-22-29(21-26-13-7-4-8-14-26)33(40)36(32(30)38)41-20-19-39/h4-18,22,25,31,34-35,37H,3,19-21,23-24H2,1-2H3/t25-,31-,34+,35+,37-/m1/s1. The van der Waals surface area contributed by atoms with Crippen LogP contribution < -0.4 is 4.74 Å². The first kappa shape index (κ1) is 33.0. The highest BCUT2D eigenvalue weighted by Crippen LogP contribution is 2.47. The van der Waals surface area contributed by atoms with Crippen molar-refractivity contribution in [2.75, 3.05) is 12.5 Å². The van der Waals surface area contributed by atoms with E-state index in [9.17, 15) is 0 Å². The fraction of sp³-hybridized carbons (Fsp3) is 0.351. The molecule has 0 bridgehead atoms. The molecule has 1 heterocycles. The van der Waals surface area contributed by atoms with Crippen LogP contribution >= 0.6 is 39.1 Å². The van der Waals surface area contributed by atoms with Gasteiger partial charge in [0, 0.05) is 11.5 Å². The highest BCUT2D eigenvalue weighted by atomic mass is 79.9. The van der Waals surface area contributed by atoms with E-state index in [0.29, 0.717) is 42.9 Å². The molecule has 0 amide bonds. The number of rotatable bonds is 13. The lowest BCUT2D eigenvalue weighted by Crippen LogP contribution is -2.51. The van der Waals surface area contributed by atoms with Crippen LogP contribution in [-0.4, -0.2) is 30.8 Å². The predicted octanol–water partition coefficient (Wildman–Crippen LogP) is 9.97. The summed E-state index contributed by atoms with van der Waals surface area (Å²) in [5, 5.41) is 0.560. The number of halogens is 3. The highest BCUT2D eigenvalue weighted by molar-refractivity contribution is 9.10. The third-order valence-electron chi connectivity index (χ3n) is 8.15. The number of benzene rings is 4. The molecule has 4 nitrogen and oxygen atoms in total. The molecule has 5 atom stereocenters. The van der Waals surface area contributed by atoms with Crippen LogP contribution in [0.2, 0.25) is 5.02 Å². The molecule has 1 fully saturated rings. The molecule has 0 unspecified atom stereocenters. The summed E-state index contributed by atoms with van der Waals surface area (Å²) in [6.45, 7) is 5.59. The van der Waals surface area contributed by atoms with Gasteiger partial charge in [0.05, 0.1) is 40.8 Å². The minimum absolute atomic E-state index is 0.0373. The maximum Gasteiger partial charge on any atom is 0.152 e. The Kier molecular flexibility index (Phi) is 12.2. The maximum atomic E-state index is 7.02. The van der Waals surface area contributed by atoms with Crippen molar-refractivity contribution in [2.45, 2.75) is 64.3 Å². The number of hydrogen-bond acceptors (Lipinski definition) is 4. The minimum Gasteiger partial charge on any atom is -0.490 e. The molecule has 1 aliphatic rings. The molecular weight excluding hydrogens is 659 g/mol. The monoisotopic (exact) mass is 696 g/mol. The van der Waals surface area contributed by atoms with Gasteiger partial charge in [-0.1, -0.05) is 116 Å². The molecule has 1 aliphatic heterocycles. The Labute approximate surface area is 279 Å². The first-order valence-corrected chi connectivity index (χ1v) is 16.9. The molecule has 4 aromatic rings. The SMILES string of the molecule is CC[C@H]1O[C@@H](c2cc(Cc3ccccc3)c(Cl)c(OCCCl)c2Br)[C@H](OCc2ccccc2)[C@@H](OCc2ccccc2)[C@@H]1C. The number of ether oxygens (including phenoxy) is 4. The van der Waals surface area contributed by atoms with E-state index in [4.69, 9.17) is 42.1 Å². The van der Waals surface area contributed by atoms with E-state index in [1.165, 1.54) is 0 Å². The third-order valence-corrected chi connectivity index (χ3v) is 9.54. The van der Waals surface area contributed by atoms with E-state index in [1.807, 2.05) is 54.6 Å². The normalized spacial score (nSPS) is 21.7. The van der Waals surface area contributed by atoms with Crippen molar-refractivity contribution in [2.24, 2.45) is 5.92 Å². The van der Waals surface area contributed by atoms with Gasteiger partial charge in [-0.05, 0) is 57.1 Å². The predicted molar refractivity (Wildman–Crippen MR) is 182 cm³/mol. The Morgan fingerprint density at radius 3 is 1.89 bits per heavy atom. The van der Waals surface area contributed by atoms with Crippen molar-refractivity contribution in [3.8, 4) is 5.75 Å². The Morgan fingerprint density at radius 2 is 1.34 bits per heavy atom. The summed E-state index contributed by atoms with van der Waals surface area (Å²) >= 11 is 16.9. The summed E-state index contributed by atoms with van der Waals surface area (Å²) in [4.78, 5) is 0. The van der Waals surface area contributed by atoms with Crippen molar-refractivity contribution in [1.82, 2.24) is 0 Å². The smallest absolute Gasteiger partial charge is 0.152 e. The zero-order chi connectivity index (χ0) is 30.9. The molecule has 7 heteroatoms. The van der Waals surface area contributed by atoms with Crippen molar-refractivity contribution < 1.29 is 18.9 Å². The van der Waals surface area contributed by atoms with Gasteiger partial charge >= 0.3 is 0 Å². The largest absolute Gasteiger partial charge is 0.490 e. The number of hydrogen-bond donors (Lipinski definition) is 0. The van der Waals surface area contributed by atoms with Crippen LogP contribution in [0.4, 0.5) is 0 Å². The van der Waals surface area contributed by atoms with Crippen LogP contribution in [0.15, 0.2) is 102 Å². The fourth-order valence-corrected chi connectivity index (χ4v) is 6.97. The molecule has 5 rings (SSSR count). The van der Waals surface area contributed by atoms with Gasteiger partial charge in [0.2, 0.25) is 0 Å². The van der Waals surface area contributed by atoms with E-state index >= 15 is 0 Å². The van der Waals surface area contributed by atoms with Gasteiger partial charge in [-0.2, -0.15) is 0 Å². The second-order valence-electron chi connectivity index (χ2n) is 11.2. The highest BCUT2D eigenvalue weighted by Gasteiger charge is 2.46. The second-order valence-corrected chi connectivity index (χ2v) is 12.7. The second kappa shape index (κ2) is 16.3. The zero-order valence-electron chi connectivity index (χ0n) is 25.1. The molecule has 0 spiro atoms. The molecule has 0 N–H and O–H groups in total. The lowest BCUT2D eigenvalue weighted by molar-refractivity contribution is -0.235. The van der Waals surface area contributed by atoms with Crippen molar-refractivity contribution >= 4 is 39.1 Å². The van der Waals surface area contributed by atoms with E-state index < -0.39 is 12.2 Å². The van der Waals surface area contributed by atoms with Crippen LogP contribution in [0.1, 0.15) is 54.2 Å². The summed E-state index contributed by atoms with van der Waals surface area (Å²) in [5.41, 5.74) is 5.22. The van der Waals surface area contributed by atoms with E-state index in [-0.39, 0.29) is 18.1 Å². The quantitative estimate of drug-likeness (QED) is 0.130. The van der Waals surface area contributed by atoms with Gasteiger partial charge in [0.15, 0.2) is 5.75 Å². The van der Waals surface area contributed by atoms with Gasteiger partial charge in [-0.25, -0.2) is 0 Å². The lowest BCUT2D eigenvalue weighted by atomic mass is 9.83. The maximum absolute atomic E-state index is 7.02. The first-order valence-electron chi connectivity index (χ1n) is 15.2. The van der Waals surface area contributed by atoms with Gasteiger partial charge in [0.1, 0.15) is 18.8 Å². The molecular formula is C37H39BrCl2O4. The average molecular weight is 699 g/mol. The Morgan fingerprint density at radius 1 is 0.795 bits per heavy atom. The lowest BCUT2D eigenvalue weighted by Gasteiger charge is -2.46. The average Bonchev–Trinajstić information content (AvgIpc) is 3.06. The summed E-state index contributed by atoms with van der Waals surface area (Å²) in [7, 11) is 0. The van der Waals surface area contributed by atoms with Crippen LogP contribution in [0.3, 0.4) is 0 Å². The molecule has 1 saturated heterocycles.